The van der Waals surface area contributed by atoms with Gasteiger partial charge in [-0.15, -0.1) is 0 Å². The molecule has 0 saturated heterocycles. The molecule has 0 aromatic carbocycles. The van der Waals surface area contributed by atoms with Gasteiger partial charge >= 0.3 is 5.97 Å². The van der Waals surface area contributed by atoms with Gasteiger partial charge in [0.15, 0.2) is 5.16 Å². The lowest BCUT2D eigenvalue weighted by Gasteiger charge is -2.27. The first-order valence-electron chi connectivity index (χ1n) is 6.31. The fraction of sp³-hybridized carbons (Fsp3) is 0.615. The van der Waals surface area contributed by atoms with E-state index in [1.54, 1.807) is 20.0 Å². The van der Waals surface area contributed by atoms with Crippen LogP contribution in [0.3, 0.4) is 0 Å². The van der Waals surface area contributed by atoms with E-state index in [4.69, 9.17) is 21.1 Å². The van der Waals surface area contributed by atoms with E-state index in [2.05, 4.69) is 9.97 Å². The van der Waals surface area contributed by atoms with Crippen molar-refractivity contribution < 1.29 is 14.3 Å². The predicted octanol–water partition coefficient (Wildman–Crippen LogP) is 2.71. The second-order valence-corrected chi connectivity index (χ2v) is 5.38. The topological polar surface area (TPSA) is 61.3 Å². The van der Waals surface area contributed by atoms with Crippen LogP contribution < -0.4 is 0 Å². The Morgan fingerprint density at radius 1 is 1.45 bits per heavy atom. The van der Waals surface area contributed by atoms with E-state index >= 15 is 0 Å². The molecule has 0 aliphatic rings. The zero-order chi connectivity index (χ0) is 15.2. The largest absolute Gasteiger partial charge is 0.465 e. The molecule has 0 bridgehead atoms. The third-order valence-electron chi connectivity index (χ3n) is 2.82. The van der Waals surface area contributed by atoms with Gasteiger partial charge in [-0.25, -0.2) is 9.97 Å². The lowest BCUT2D eigenvalue weighted by Crippen LogP contribution is -2.39. The minimum absolute atomic E-state index is 0.171. The molecule has 1 aromatic rings. The maximum absolute atomic E-state index is 12.3. The Morgan fingerprint density at radius 2 is 2.15 bits per heavy atom. The quantitative estimate of drug-likeness (QED) is 0.333. The highest BCUT2D eigenvalue weighted by atomic mass is 35.5. The van der Waals surface area contributed by atoms with Gasteiger partial charge in [0.05, 0.1) is 13.2 Å². The van der Waals surface area contributed by atoms with E-state index in [9.17, 15) is 4.79 Å². The van der Waals surface area contributed by atoms with Crippen LogP contribution >= 0.6 is 23.4 Å². The van der Waals surface area contributed by atoms with E-state index in [1.807, 2.05) is 13.2 Å². The van der Waals surface area contributed by atoms with Gasteiger partial charge < -0.3 is 9.47 Å². The summed E-state index contributed by atoms with van der Waals surface area (Å²) in [6, 6.07) is 0. The lowest BCUT2D eigenvalue weighted by molar-refractivity contribution is -0.152. The van der Waals surface area contributed by atoms with Crippen molar-refractivity contribution in [2.45, 2.75) is 31.3 Å². The number of hydrogen-bond acceptors (Lipinski definition) is 6. The molecule has 7 heteroatoms. The van der Waals surface area contributed by atoms with Crippen LogP contribution in [-0.2, 0) is 19.7 Å². The number of rotatable bonds is 7. The molecule has 1 atom stereocenters. The van der Waals surface area contributed by atoms with Crippen molar-refractivity contribution in [3.8, 4) is 0 Å². The van der Waals surface area contributed by atoms with Crippen LogP contribution in [0.15, 0.2) is 11.4 Å². The molecule has 0 aliphatic heterocycles. The van der Waals surface area contributed by atoms with Gasteiger partial charge in [0, 0.05) is 18.4 Å². The fourth-order valence-corrected chi connectivity index (χ4v) is 2.39. The van der Waals surface area contributed by atoms with Crippen LogP contribution in [0.4, 0.5) is 0 Å². The van der Waals surface area contributed by atoms with Crippen molar-refractivity contribution in [1.29, 1.82) is 0 Å². The molecule has 0 radical (unpaired) electrons. The number of ether oxygens (including phenoxy) is 2. The second-order valence-electron chi connectivity index (χ2n) is 4.25. The van der Waals surface area contributed by atoms with Crippen LogP contribution in [0, 0.1) is 0 Å². The summed E-state index contributed by atoms with van der Waals surface area (Å²) in [5.74, 6) is -0.393. The molecule has 0 aliphatic carbocycles. The second kappa shape index (κ2) is 7.81. The summed E-state index contributed by atoms with van der Waals surface area (Å²) in [5, 5.41) is 0.806. The Morgan fingerprint density at radius 3 is 2.65 bits per heavy atom. The van der Waals surface area contributed by atoms with Crippen molar-refractivity contribution in [2.24, 2.45) is 0 Å². The predicted molar refractivity (Wildman–Crippen MR) is 79.3 cm³/mol. The minimum Gasteiger partial charge on any atom is -0.465 e. The Kier molecular flexibility index (Phi) is 6.71. The summed E-state index contributed by atoms with van der Waals surface area (Å²) >= 11 is 7.57. The monoisotopic (exact) mass is 318 g/mol. The first-order chi connectivity index (χ1) is 9.49. The number of carbonyl (C=O) groups excluding carboxylic acids is 1. The summed E-state index contributed by atoms with van der Waals surface area (Å²) in [6.07, 6.45) is 3.42. The van der Waals surface area contributed by atoms with Gasteiger partial charge in [0.2, 0.25) is 0 Å². The number of esters is 1. The summed E-state index contributed by atoms with van der Waals surface area (Å²) in [5.41, 5.74) is -0.496. The Bertz CT molecular complexity index is 473. The van der Waals surface area contributed by atoms with Gasteiger partial charge in [-0.05, 0) is 27.0 Å². The SMILES string of the molecule is CCOCC(C)(C(=O)OCC)c1cnc(SC)nc1Cl. The van der Waals surface area contributed by atoms with Crippen molar-refractivity contribution in [3.63, 3.8) is 0 Å². The van der Waals surface area contributed by atoms with E-state index in [1.165, 1.54) is 11.8 Å². The van der Waals surface area contributed by atoms with Gasteiger partial charge in [-0.3, -0.25) is 4.79 Å². The molecule has 1 heterocycles. The molecule has 1 rings (SSSR count). The maximum Gasteiger partial charge on any atom is 0.318 e. The average Bonchev–Trinajstić information content (AvgIpc) is 2.44. The molecule has 112 valence electrons. The zero-order valence-electron chi connectivity index (χ0n) is 12.1. The third kappa shape index (κ3) is 3.84. The van der Waals surface area contributed by atoms with E-state index in [-0.39, 0.29) is 11.8 Å². The molecule has 1 unspecified atom stereocenters. The third-order valence-corrected chi connectivity index (χ3v) is 3.67. The lowest BCUT2D eigenvalue weighted by atomic mass is 9.85. The highest BCUT2D eigenvalue weighted by Gasteiger charge is 2.40. The van der Waals surface area contributed by atoms with Crippen molar-refractivity contribution in [3.05, 3.63) is 16.9 Å². The number of thioether (sulfide) groups is 1. The minimum atomic E-state index is -1.01. The highest BCUT2D eigenvalue weighted by molar-refractivity contribution is 7.98. The normalized spacial score (nSPS) is 13.8. The summed E-state index contributed by atoms with van der Waals surface area (Å²) in [6.45, 7) is 6.31. The highest BCUT2D eigenvalue weighted by Crippen LogP contribution is 2.31. The van der Waals surface area contributed by atoms with Crippen LogP contribution in [0.5, 0.6) is 0 Å². The molecule has 20 heavy (non-hydrogen) atoms. The maximum atomic E-state index is 12.3. The first kappa shape index (κ1) is 17.2. The molecular weight excluding hydrogens is 300 g/mol. The van der Waals surface area contributed by atoms with E-state index in [0.717, 1.165) is 0 Å². The van der Waals surface area contributed by atoms with Crippen molar-refractivity contribution in [2.75, 3.05) is 26.1 Å². The van der Waals surface area contributed by atoms with Crippen LogP contribution in [0.25, 0.3) is 0 Å². The average molecular weight is 319 g/mol. The van der Waals surface area contributed by atoms with Crippen molar-refractivity contribution in [1.82, 2.24) is 9.97 Å². The molecule has 1 aromatic heterocycles. The molecule has 0 spiro atoms. The molecule has 5 nitrogen and oxygen atoms in total. The Labute approximate surface area is 128 Å². The van der Waals surface area contributed by atoms with Gasteiger partial charge in [0.1, 0.15) is 10.6 Å². The fourth-order valence-electron chi connectivity index (χ4n) is 1.66. The van der Waals surface area contributed by atoms with Gasteiger partial charge in [-0.2, -0.15) is 0 Å². The smallest absolute Gasteiger partial charge is 0.318 e. The van der Waals surface area contributed by atoms with E-state index < -0.39 is 11.4 Å². The number of hydrogen-bond donors (Lipinski definition) is 0. The molecule has 0 saturated carbocycles. The van der Waals surface area contributed by atoms with Crippen LogP contribution in [0.1, 0.15) is 26.3 Å². The Hall–Kier alpha value is -0.850. The summed E-state index contributed by atoms with van der Waals surface area (Å²) < 4.78 is 10.5. The standard InChI is InChI=1S/C13H19ClN2O3S/c1-5-18-8-13(3,11(17)19-6-2)9-7-15-12(20-4)16-10(9)14/h7H,5-6,8H2,1-4H3. The molecular formula is C13H19ClN2O3S. The van der Waals surface area contributed by atoms with Gasteiger partial charge in [0.25, 0.3) is 0 Å². The van der Waals surface area contributed by atoms with Gasteiger partial charge in [-0.1, -0.05) is 23.4 Å². The Balaban J connectivity index is 3.19. The van der Waals surface area contributed by atoms with Crippen molar-refractivity contribution >= 4 is 29.3 Å². The molecule has 0 fully saturated rings. The van der Waals surface area contributed by atoms with Crippen LogP contribution in [-0.4, -0.2) is 42.0 Å². The first-order valence-corrected chi connectivity index (χ1v) is 7.91. The number of carbonyl (C=O) groups is 1. The summed E-state index contributed by atoms with van der Waals surface area (Å²) in [7, 11) is 0. The van der Waals surface area contributed by atoms with Crippen LogP contribution in [0.2, 0.25) is 5.15 Å². The zero-order valence-corrected chi connectivity index (χ0v) is 13.7. The number of aromatic nitrogens is 2. The number of halogens is 1. The summed E-state index contributed by atoms with van der Waals surface area (Å²) in [4.78, 5) is 20.6. The molecule has 0 amide bonds. The molecule has 0 N–H and O–H groups in total. The number of nitrogens with zero attached hydrogens (tertiary/aromatic N) is 2. The van der Waals surface area contributed by atoms with E-state index in [0.29, 0.717) is 23.9 Å².